The molecule has 1 aliphatic rings. The number of ether oxygens (including phenoxy) is 1. The van der Waals surface area contributed by atoms with E-state index in [9.17, 15) is 0 Å². The van der Waals surface area contributed by atoms with Crippen molar-refractivity contribution < 1.29 is 4.74 Å². The number of hydrogen-bond donors (Lipinski definition) is 1. The molecule has 0 aliphatic carbocycles. The van der Waals surface area contributed by atoms with E-state index in [0.717, 1.165) is 26.3 Å². The number of rotatable bonds is 3. The summed E-state index contributed by atoms with van der Waals surface area (Å²) in [5.74, 6) is 0. The van der Waals surface area contributed by atoms with Gasteiger partial charge in [0, 0.05) is 13.1 Å². The molecule has 0 aromatic carbocycles. The second kappa shape index (κ2) is 5.16. The summed E-state index contributed by atoms with van der Waals surface area (Å²) in [5, 5.41) is 4.33. The summed E-state index contributed by atoms with van der Waals surface area (Å²) < 4.78 is 5.23. The Bertz CT molecular complexity index is 192. The molecule has 0 atom stereocenters. The van der Waals surface area contributed by atoms with Crippen LogP contribution in [0.2, 0.25) is 0 Å². The second-order valence-electron chi connectivity index (χ2n) is 2.78. The predicted molar refractivity (Wildman–Crippen MR) is 56.1 cm³/mol. The fourth-order valence-corrected chi connectivity index (χ4v) is 1.45. The largest absolute Gasteiger partial charge is 0.379 e. The van der Waals surface area contributed by atoms with Crippen LogP contribution in [0, 0.1) is 0 Å². The van der Waals surface area contributed by atoms with E-state index in [1.54, 1.807) is 6.08 Å². The molecule has 1 saturated heterocycles. The fraction of sp³-hybridized carbons (Fsp3) is 0.625. The Labute approximate surface area is 83.9 Å². The molecule has 0 radical (unpaired) electrons. The Balaban J connectivity index is 2.51. The molecule has 1 rings (SSSR count). The van der Waals surface area contributed by atoms with E-state index >= 15 is 0 Å². The highest BCUT2D eigenvalue weighted by atomic mass is 32.1. The zero-order valence-corrected chi connectivity index (χ0v) is 8.42. The van der Waals surface area contributed by atoms with Crippen LogP contribution in [0.3, 0.4) is 0 Å². The normalized spacial score (nSPS) is 18.2. The van der Waals surface area contributed by atoms with Gasteiger partial charge in [-0.25, -0.2) is 5.01 Å². The Morgan fingerprint density at radius 3 is 2.69 bits per heavy atom. The lowest BCUT2D eigenvalue weighted by atomic mass is 10.5. The van der Waals surface area contributed by atoms with Gasteiger partial charge in [0.15, 0.2) is 5.11 Å². The van der Waals surface area contributed by atoms with Crippen LogP contribution in [0.25, 0.3) is 0 Å². The number of nitrogens with two attached hydrogens (primary N) is 1. The molecule has 0 aromatic heterocycles. The van der Waals surface area contributed by atoms with Crippen molar-refractivity contribution in [3.05, 3.63) is 12.7 Å². The minimum Gasteiger partial charge on any atom is -0.379 e. The highest BCUT2D eigenvalue weighted by Crippen LogP contribution is 2.02. The molecule has 0 amide bonds. The van der Waals surface area contributed by atoms with E-state index in [1.165, 1.54) is 0 Å². The molecule has 1 aliphatic heterocycles. The van der Waals surface area contributed by atoms with E-state index in [1.807, 2.05) is 5.01 Å². The Kier molecular flexibility index (Phi) is 4.14. The van der Waals surface area contributed by atoms with Gasteiger partial charge in [-0.2, -0.15) is 0 Å². The third kappa shape index (κ3) is 2.95. The SMILES string of the molecule is C=CCN(C(N)=S)N1CCOCC1. The first-order chi connectivity index (χ1) is 6.25. The number of thiocarbonyl (C=S) groups is 1. The van der Waals surface area contributed by atoms with Crippen molar-refractivity contribution in [3.63, 3.8) is 0 Å². The van der Waals surface area contributed by atoms with Crippen molar-refractivity contribution in [1.82, 2.24) is 10.0 Å². The van der Waals surface area contributed by atoms with Crippen LogP contribution in [-0.2, 0) is 4.74 Å². The highest BCUT2D eigenvalue weighted by molar-refractivity contribution is 7.80. The molecule has 4 nitrogen and oxygen atoms in total. The van der Waals surface area contributed by atoms with E-state index in [2.05, 4.69) is 11.6 Å². The number of hydrogen-bond acceptors (Lipinski definition) is 3. The maximum absolute atomic E-state index is 5.58. The summed E-state index contributed by atoms with van der Waals surface area (Å²) in [6, 6.07) is 0. The minimum atomic E-state index is 0.391. The van der Waals surface area contributed by atoms with Gasteiger partial charge in [-0.3, -0.25) is 5.01 Å². The monoisotopic (exact) mass is 201 g/mol. The second-order valence-corrected chi connectivity index (χ2v) is 3.19. The van der Waals surface area contributed by atoms with Gasteiger partial charge in [0.25, 0.3) is 0 Å². The molecule has 0 aromatic rings. The van der Waals surface area contributed by atoms with Crippen molar-refractivity contribution in [2.45, 2.75) is 0 Å². The van der Waals surface area contributed by atoms with E-state index < -0.39 is 0 Å². The molecule has 2 N–H and O–H groups in total. The number of morpholine rings is 1. The number of nitrogens with zero attached hydrogens (tertiary/aromatic N) is 2. The Hall–Kier alpha value is -0.650. The van der Waals surface area contributed by atoms with Gasteiger partial charge in [0.05, 0.1) is 19.8 Å². The third-order valence-corrected chi connectivity index (χ3v) is 2.10. The quantitative estimate of drug-likeness (QED) is 0.513. The summed E-state index contributed by atoms with van der Waals surface area (Å²) in [4.78, 5) is 0. The average Bonchev–Trinajstić information content (AvgIpc) is 2.15. The molecular formula is C8H15N3OS. The van der Waals surface area contributed by atoms with E-state index in [-0.39, 0.29) is 0 Å². The van der Waals surface area contributed by atoms with Gasteiger partial charge in [-0.1, -0.05) is 6.08 Å². The van der Waals surface area contributed by atoms with Gasteiger partial charge in [-0.05, 0) is 12.2 Å². The molecule has 13 heavy (non-hydrogen) atoms. The van der Waals surface area contributed by atoms with Crippen LogP contribution >= 0.6 is 12.2 Å². The Morgan fingerprint density at radius 1 is 1.62 bits per heavy atom. The molecule has 0 saturated carbocycles. The van der Waals surface area contributed by atoms with Gasteiger partial charge >= 0.3 is 0 Å². The van der Waals surface area contributed by atoms with Crippen LogP contribution in [0.1, 0.15) is 0 Å². The smallest absolute Gasteiger partial charge is 0.181 e. The number of hydrazine groups is 1. The first-order valence-electron chi connectivity index (χ1n) is 4.26. The first kappa shape index (κ1) is 10.4. The van der Waals surface area contributed by atoms with Crippen LogP contribution < -0.4 is 5.73 Å². The van der Waals surface area contributed by atoms with Crippen molar-refractivity contribution in [2.24, 2.45) is 5.73 Å². The van der Waals surface area contributed by atoms with Crippen LogP contribution in [0.15, 0.2) is 12.7 Å². The van der Waals surface area contributed by atoms with Crippen molar-refractivity contribution in [1.29, 1.82) is 0 Å². The molecule has 1 heterocycles. The molecule has 5 heteroatoms. The Morgan fingerprint density at radius 2 is 2.23 bits per heavy atom. The molecule has 0 spiro atoms. The lowest BCUT2D eigenvalue weighted by Crippen LogP contribution is -2.53. The van der Waals surface area contributed by atoms with Gasteiger partial charge in [-0.15, -0.1) is 6.58 Å². The maximum atomic E-state index is 5.58. The third-order valence-electron chi connectivity index (χ3n) is 1.89. The maximum Gasteiger partial charge on any atom is 0.181 e. The summed E-state index contributed by atoms with van der Waals surface area (Å²) in [6.07, 6.45) is 1.79. The van der Waals surface area contributed by atoms with E-state index in [4.69, 9.17) is 22.7 Å². The first-order valence-corrected chi connectivity index (χ1v) is 4.67. The average molecular weight is 201 g/mol. The zero-order valence-electron chi connectivity index (χ0n) is 7.61. The lowest BCUT2D eigenvalue weighted by Gasteiger charge is -2.36. The van der Waals surface area contributed by atoms with E-state index in [0.29, 0.717) is 11.7 Å². The summed E-state index contributed by atoms with van der Waals surface area (Å²) in [7, 11) is 0. The highest BCUT2D eigenvalue weighted by Gasteiger charge is 2.17. The van der Waals surface area contributed by atoms with Crippen molar-refractivity contribution in [3.8, 4) is 0 Å². The van der Waals surface area contributed by atoms with Crippen molar-refractivity contribution in [2.75, 3.05) is 32.8 Å². The summed E-state index contributed by atoms with van der Waals surface area (Å²) in [5.41, 5.74) is 5.58. The van der Waals surface area contributed by atoms with Gasteiger partial charge in [0.1, 0.15) is 0 Å². The van der Waals surface area contributed by atoms with Gasteiger partial charge in [0.2, 0.25) is 0 Å². The van der Waals surface area contributed by atoms with Crippen molar-refractivity contribution >= 4 is 17.3 Å². The lowest BCUT2D eigenvalue weighted by molar-refractivity contribution is -0.0444. The van der Waals surface area contributed by atoms with Crippen LogP contribution in [0.4, 0.5) is 0 Å². The minimum absolute atomic E-state index is 0.391. The standard InChI is InChI=1S/C8H15N3OS/c1-2-3-11(8(9)13)10-4-6-12-7-5-10/h2H,1,3-7H2,(H2,9,13). The van der Waals surface area contributed by atoms with Crippen LogP contribution in [0.5, 0.6) is 0 Å². The molecule has 1 fully saturated rings. The summed E-state index contributed by atoms with van der Waals surface area (Å²) in [6.45, 7) is 7.47. The zero-order chi connectivity index (χ0) is 9.68. The molecule has 0 unspecified atom stereocenters. The van der Waals surface area contributed by atoms with Gasteiger partial charge < -0.3 is 10.5 Å². The molecule has 74 valence electrons. The van der Waals surface area contributed by atoms with Crippen LogP contribution in [-0.4, -0.2) is 48.0 Å². The fourth-order valence-electron chi connectivity index (χ4n) is 1.26. The topological polar surface area (TPSA) is 41.7 Å². The summed E-state index contributed by atoms with van der Waals surface area (Å²) >= 11 is 4.94. The predicted octanol–water partition coefficient (Wildman–Crippen LogP) is -0.0348. The molecular weight excluding hydrogens is 186 g/mol. The molecule has 0 bridgehead atoms.